The minimum Gasteiger partial charge on any atom is -0.346 e. The maximum Gasteiger partial charge on any atom is 0.261 e. The second-order valence-corrected chi connectivity index (χ2v) is 9.31. The van der Waals surface area contributed by atoms with Gasteiger partial charge in [0.15, 0.2) is 0 Å². The van der Waals surface area contributed by atoms with E-state index >= 15 is 0 Å². The van der Waals surface area contributed by atoms with Gasteiger partial charge in [0, 0.05) is 43.0 Å². The first-order valence-electron chi connectivity index (χ1n) is 9.39. The number of amides is 1. The summed E-state index contributed by atoms with van der Waals surface area (Å²) in [7, 11) is 0. The molecule has 2 aliphatic rings. The lowest BCUT2D eigenvalue weighted by molar-refractivity contribution is -0.126. The van der Waals surface area contributed by atoms with Gasteiger partial charge in [-0.2, -0.15) is 11.8 Å². The fourth-order valence-corrected chi connectivity index (χ4v) is 5.43. The molecule has 144 valence electrons. The summed E-state index contributed by atoms with van der Waals surface area (Å²) in [4.78, 5) is 30.2. The van der Waals surface area contributed by atoms with Crippen LogP contribution in [0.4, 0.5) is 5.82 Å². The van der Waals surface area contributed by atoms with E-state index in [0.29, 0.717) is 5.25 Å². The van der Waals surface area contributed by atoms with Crippen molar-refractivity contribution in [2.75, 3.05) is 36.5 Å². The van der Waals surface area contributed by atoms with E-state index in [1.807, 2.05) is 29.1 Å². The van der Waals surface area contributed by atoms with E-state index in [1.54, 1.807) is 18.1 Å². The first kappa shape index (κ1) is 18.7. The van der Waals surface area contributed by atoms with Crippen molar-refractivity contribution >= 4 is 46.3 Å². The van der Waals surface area contributed by atoms with Gasteiger partial charge in [-0.05, 0) is 31.6 Å². The SMILES string of the molecule is CSC1CCCCN(C(=O)C2=CN(c3ncnc4[nH]cc(C)c34)CCS2)C1. The maximum atomic E-state index is 13.2. The molecule has 2 aromatic heterocycles. The predicted molar refractivity (Wildman–Crippen MR) is 114 cm³/mol. The monoisotopic (exact) mass is 403 g/mol. The lowest BCUT2D eigenvalue weighted by Gasteiger charge is -2.29. The molecule has 0 aliphatic carbocycles. The number of hydrogen-bond donors (Lipinski definition) is 1. The van der Waals surface area contributed by atoms with Gasteiger partial charge in [-0.25, -0.2) is 9.97 Å². The van der Waals surface area contributed by atoms with Crippen molar-refractivity contribution in [3.63, 3.8) is 0 Å². The van der Waals surface area contributed by atoms with Gasteiger partial charge in [-0.1, -0.05) is 6.42 Å². The van der Waals surface area contributed by atoms with Crippen LogP contribution in [-0.4, -0.2) is 62.7 Å². The number of carbonyl (C=O) groups is 1. The van der Waals surface area contributed by atoms with Crippen LogP contribution in [0.5, 0.6) is 0 Å². The number of H-pyrrole nitrogens is 1. The lowest BCUT2D eigenvalue weighted by Crippen LogP contribution is -2.38. The summed E-state index contributed by atoms with van der Waals surface area (Å²) < 4.78 is 0. The minimum absolute atomic E-state index is 0.168. The molecule has 2 aromatic rings. The molecule has 1 N–H and O–H groups in total. The summed E-state index contributed by atoms with van der Waals surface area (Å²) >= 11 is 3.54. The number of carbonyl (C=O) groups excluding carboxylic acids is 1. The molecule has 0 radical (unpaired) electrons. The molecule has 0 spiro atoms. The molecule has 4 rings (SSSR count). The molecule has 0 bridgehead atoms. The Bertz CT molecular complexity index is 865. The highest BCUT2D eigenvalue weighted by atomic mass is 32.2. The van der Waals surface area contributed by atoms with Crippen molar-refractivity contribution in [3.8, 4) is 0 Å². The molecule has 6 nitrogen and oxygen atoms in total. The van der Waals surface area contributed by atoms with E-state index in [2.05, 4.69) is 33.0 Å². The number of aromatic nitrogens is 3. The van der Waals surface area contributed by atoms with Crippen molar-refractivity contribution in [2.24, 2.45) is 0 Å². The zero-order chi connectivity index (χ0) is 18.8. The Hall–Kier alpha value is -1.67. The Morgan fingerprint density at radius 1 is 1.33 bits per heavy atom. The van der Waals surface area contributed by atoms with Crippen LogP contribution >= 0.6 is 23.5 Å². The molecule has 27 heavy (non-hydrogen) atoms. The standard InChI is InChI=1S/C19H25N5OS2/c1-13-9-20-17-16(13)18(22-12-21-17)23-7-8-27-15(11-23)19(25)24-6-4-3-5-14(10-24)26-2/h9,11-12,14H,3-8,10H2,1-2H3,(H,20,21,22). The van der Waals surface area contributed by atoms with Gasteiger partial charge in [0.05, 0.1) is 10.3 Å². The third-order valence-corrected chi connectivity index (χ3v) is 7.27. The molecule has 1 unspecified atom stereocenters. The number of aromatic amines is 1. The Labute approximate surface area is 168 Å². The van der Waals surface area contributed by atoms with E-state index in [1.165, 1.54) is 12.8 Å². The fraction of sp³-hybridized carbons (Fsp3) is 0.526. The summed E-state index contributed by atoms with van der Waals surface area (Å²) in [6.45, 7) is 4.61. The molecule has 0 saturated carbocycles. The molecule has 2 aliphatic heterocycles. The second kappa shape index (κ2) is 8.14. The van der Waals surface area contributed by atoms with Crippen LogP contribution in [0.1, 0.15) is 24.8 Å². The number of likely N-dealkylation sites (tertiary alicyclic amines) is 1. The highest BCUT2D eigenvalue weighted by Gasteiger charge is 2.27. The minimum atomic E-state index is 0.168. The Kier molecular flexibility index (Phi) is 5.63. The lowest BCUT2D eigenvalue weighted by atomic mass is 10.2. The Balaban J connectivity index is 1.61. The van der Waals surface area contributed by atoms with Gasteiger partial charge in [0.2, 0.25) is 0 Å². The number of nitrogens with zero attached hydrogens (tertiary/aromatic N) is 4. The normalized spacial score (nSPS) is 21.3. The van der Waals surface area contributed by atoms with Gasteiger partial charge in [-0.3, -0.25) is 4.79 Å². The van der Waals surface area contributed by atoms with Gasteiger partial charge < -0.3 is 14.8 Å². The van der Waals surface area contributed by atoms with Crippen LogP contribution in [0.3, 0.4) is 0 Å². The smallest absolute Gasteiger partial charge is 0.261 e. The first-order chi connectivity index (χ1) is 13.2. The van der Waals surface area contributed by atoms with Crippen LogP contribution in [0.2, 0.25) is 0 Å². The third kappa shape index (κ3) is 3.82. The van der Waals surface area contributed by atoms with Crippen LogP contribution in [0, 0.1) is 6.92 Å². The van der Waals surface area contributed by atoms with E-state index in [-0.39, 0.29) is 5.91 Å². The number of hydrogen-bond acceptors (Lipinski definition) is 6. The van der Waals surface area contributed by atoms with Gasteiger partial charge in [0.1, 0.15) is 17.8 Å². The van der Waals surface area contributed by atoms with Crippen molar-refractivity contribution in [1.29, 1.82) is 0 Å². The molecule has 1 atom stereocenters. The largest absolute Gasteiger partial charge is 0.346 e. The van der Waals surface area contributed by atoms with Crippen molar-refractivity contribution in [2.45, 2.75) is 31.4 Å². The second-order valence-electron chi connectivity index (χ2n) is 7.03. The van der Waals surface area contributed by atoms with Crippen molar-refractivity contribution in [1.82, 2.24) is 19.9 Å². The molecule has 1 fully saturated rings. The topological polar surface area (TPSA) is 65.1 Å². The highest BCUT2D eigenvalue weighted by Crippen LogP contribution is 2.32. The van der Waals surface area contributed by atoms with Crippen LogP contribution < -0.4 is 4.90 Å². The van der Waals surface area contributed by atoms with E-state index in [0.717, 1.165) is 59.1 Å². The Morgan fingerprint density at radius 3 is 3.07 bits per heavy atom. The van der Waals surface area contributed by atoms with Crippen LogP contribution in [-0.2, 0) is 4.79 Å². The Morgan fingerprint density at radius 2 is 2.22 bits per heavy atom. The summed E-state index contributed by atoms with van der Waals surface area (Å²) in [5, 5.41) is 1.58. The zero-order valence-corrected chi connectivity index (χ0v) is 17.4. The number of aryl methyl sites for hydroxylation is 1. The molecule has 8 heteroatoms. The number of anilines is 1. The number of nitrogens with one attached hydrogen (secondary N) is 1. The van der Waals surface area contributed by atoms with E-state index in [9.17, 15) is 4.79 Å². The van der Waals surface area contributed by atoms with Gasteiger partial charge in [-0.15, -0.1) is 11.8 Å². The van der Waals surface area contributed by atoms with Gasteiger partial charge >= 0.3 is 0 Å². The molecular formula is C19H25N5OS2. The quantitative estimate of drug-likeness (QED) is 0.847. The van der Waals surface area contributed by atoms with Gasteiger partial charge in [0.25, 0.3) is 5.91 Å². The van der Waals surface area contributed by atoms with Crippen molar-refractivity contribution in [3.05, 3.63) is 29.2 Å². The summed E-state index contributed by atoms with van der Waals surface area (Å²) in [6, 6.07) is 0. The van der Waals surface area contributed by atoms with E-state index < -0.39 is 0 Å². The average molecular weight is 404 g/mol. The van der Waals surface area contributed by atoms with Crippen LogP contribution in [0.25, 0.3) is 11.0 Å². The number of rotatable bonds is 3. The number of thioether (sulfide) groups is 2. The predicted octanol–water partition coefficient (Wildman–Crippen LogP) is 3.41. The molecular weight excluding hydrogens is 378 g/mol. The summed E-state index contributed by atoms with van der Waals surface area (Å²) in [5.74, 6) is 1.93. The molecule has 1 saturated heterocycles. The number of fused-ring (bicyclic) bond motifs is 1. The summed E-state index contributed by atoms with van der Waals surface area (Å²) in [6.07, 6.45) is 11.2. The van der Waals surface area contributed by atoms with Crippen molar-refractivity contribution < 1.29 is 4.79 Å². The zero-order valence-electron chi connectivity index (χ0n) is 15.8. The van der Waals surface area contributed by atoms with E-state index in [4.69, 9.17) is 0 Å². The molecule has 0 aromatic carbocycles. The average Bonchev–Trinajstić information content (AvgIpc) is 2.93. The first-order valence-corrected chi connectivity index (χ1v) is 11.7. The highest BCUT2D eigenvalue weighted by molar-refractivity contribution is 8.04. The molecule has 1 amide bonds. The summed E-state index contributed by atoms with van der Waals surface area (Å²) in [5.41, 5.74) is 1.96. The van der Waals surface area contributed by atoms with Crippen LogP contribution in [0.15, 0.2) is 23.6 Å². The molecule has 4 heterocycles. The third-order valence-electron chi connectivity index (χ3n) is 5.24. The fourth-order valence-electron chi connectivity index (χ4n) is 3.73. The maximum absolute atomic E-state index is 13.2.